The Kier molecular flexibility index (Phi) is 6.73. The highest BCUT2D eigenvalue weighted by atomic mass is 16.5. The van der Waals surface area contributed by atoms with Crippen molar-refractivity contribution in [1.29, 1.82) is 0 Å². The fraction of sp³-hybridized carbons (Fsp3) is 0.476. The van der Waals surface area contributed by atoms with Crippen LogP contribution in [-0.2, 0) is 20.7 Å². The molecule has 154 valence electrons. The smallest absolute Gasteiger partial charge is 0.308 e. The number of nitrogens with zero attached hydrogens (tertiary/aromatic N) is 2. The van der Waals surface area contributed by atoms with Gasteiger partial charge >= 0.3 is 5.97 Å². The molecule has 1 atom stereocenters. The van der Waals surface area contributed by atoms with Crippen LogP contribution in [-0.4, -0.2) is 75.1 Å². The number of ether oxygens (including phenoxy) is 1. The summed E-state index contributed by atoms with van der Waals surface area (Å²) in [6.07, 6.45) is 5.96. The maximum atomic E-state index is 13.0. The standard InChI is InChI=1S/C21H26N4O4/c1-3-16(12-20(27)29-2)23-19(26)14-25-9-6-15-4-5-17(13-18(15)21(25)28)24-10-7-22-8-11-24/h1,4-5,13,16,22H,6-12,14H2,2H3,(H,23,26). The Balaban J connectivity index is 1.65. The summed E-state index contributed by atoms with van der Waals surface area (Å²) >= 11 is 0. The molecule has 2 aliphatic rings. The van der Waals surface area contributed by atoms with E-state index in [1.807, 2.05) is 12.1 Å². The number of anilines is 1. The van der Waals surface area contributed by atoms with Crippen LogP contribution >= 0.6 is 0 Å². The lowest BCUT2D eigenvalue weighted by molar-refractivity contribution is -0.141. The molecule has 2 N–H and O–H groups in total. The van der Waals surface area contributed by atoms with Gasteiger partial charge in [0.05, 0.1) is 20.1 Å². The molecule has 0 bridgehead atoms. The fourth-order valence-corrected chi connectivity index (χ4v) is 3.59. The van der Waals surface area contributed by atoms with Crippen LogP contribution in [0, 0.1) is 12.3 Å². The van der Waals surface area contributed by atoms with Gasteiger partial charge in [0.1, 0.15) is 6.04 Å². The average molecular weight is 398 g/mol. The highest BCUT2D eigenvalue weighted by Gasteiger charge is 2.27. The van der Waals surface area contributed by atoms with Crippen molar-refractivity contribution < 1.29 is 19.1 Å². The van der Waals surface area contributed by atoms with E-state index in [-0.39, 0.29) is 18.9 Å². The van der Waals surface area contributed by atoms with Crippen LogP contribution in [0.4, 0.5) is 5.69 Å². The van der Waals surface area contributed by atoms with E-state index in [0.29, 0.717) is 18.5 Å². The molecule has 0 aliphatic carbocycles. The van der Waals surface area contributed by atoms with E-state index in [1.54, 1.807) is 0 Å². The summed E-state index contributed by atoms with van der Waals surface area (Å²) in [5, 5.41) is 5.92. The Bertz CT molecular complexity index is 826. The molecular weight excluding hydrogens is 372 g/mol. The van der Waals surface area contributed by atoms with Gasteiger partial charge in [0.15, 0.2) is 0 Å². The van der Waals surface area contributed by atoms with Crippen molar-refractivity contribution >= 4 is 23.5 Å². The molecule has 2 heterocycles. The van der Waals surface area contributed by atoms with Gasteiger partial charge in [-0.1, -0.05) is 12.0 Å². The number of amides is 2. The number of hydrogen-bond acceptors (Lipinski definition) is 6. The molecule has 0 spiro atoms. The normalized spacial score (nSPS) is 17.2. The minimum atomic E-state index is -0.763. The number of terminal acetylenes is 1. The summed E-state index contributed by atoms with van der Waals surface area (Å²) in [5.74, 6) is 1.30. The number of carbonyl (C=O) groups is 3. The molecule has 1 unspecified atom stereocenters. The van der Waals surface area contributed by atoms with E-state index >= 15 is 0 Å². The van der Waals surface area contributed by atoms with Gasteiger partial charge in [0, 0.05) is 44.0 Å². The van der Waals surface area contributed by atoms with Crippen LogP contribution < -0.4 is 15.5 Å². The minimum absolute atomic E-state index is 0.102. The Labute approximate surface area is 170 Å². The number of carbonyl (C=O) groups excluding carboxylic acids is 3. The largest absolute Gasteiger partial charge is 0.469 e. The van der Waals surface area contributed by atoms with Crippen molar-refractivity contribution in [2.45, 2.75) is 18.9 Å². The summed E-state index contributed by atoms with van der Waals surface area (Å²) in [6.45, 7) is 3.98. The number of fused-ring (bicyclic) bond motifs is 1. The van der Waals surface area contributed by atoms with Gasteiger partial charge in [-0.05, 0) is 24.1 Å². The Hall–Kier alpha value is -3.05. The molecule has 0 radical (unpaired) electrons. The van der Waals surface area contributed by atoms with Gasteiger partial charge in [0.25, 0.3) is 5.91 Å². The van der Waals surface area contributed by atoms with E-state index in [0.717, 1.165) is 37.4 Å². The van der Waals surface area contributed by atoms with Crippen LogP contribution in [0.15, 0.2) is 18.2 Å². The van der Waals surface area contributed by atoms with E-state index in [1.165, 1.54) is 12.0 Å². The van der Waals surface area contributed by atoms with E-state index in [4.69, 9.17) is 6.42 Å². The van der Waals surface area contributed by atoms with Crippen LogP contribution in [0.25, 0.3) is 0 Å². The summed E-state index contributed by atoms with van der Waals surface area (Å²) in [6, 6.07) is 5.23. The lowest BCUT2D eigenvalue weighted by atomic mass is 9.97. The first-order chi connectivity index (χ1) is 14.0. The van der Waals surface area contributed by atoms with E-state index < -0.39 is 17.9 Å². The van der Waals surface area contributed by atoms with Crippen LogP contribution in [0.3, 0.4) is 0 Å². The van der Waals surface area contributed by atoms with Gasteiger partial charge in [0.2, 0.25) is 5.91 Å². The second-order valence-electron chi connectivity index (χ2n) is 7.12. The third kappa shape index (κ3) is 5.06. The number of nitrogens with one attached hydrogen (secondary N) is 2. The van der Waals surface area contributed by atoms with Gasteiger partial charge in [-0.25, -0.2) is 0 Å². The zero-order chi connectivity index (χ0) is 20.8. The fourth-order valence-electron chi connectivity index (χ4n) is 3.59. The quantitative estimate of drug-likeness (QED) is 0.509. The summed E-state index contributed by atoms with van der Waals surface area (Å²) in [5.41, 5.74) is 2.66. The van der Waals surface area contributed by atoms with Gasteiger partial charge in [-0.3, -0.25) is 14.4 Å². The average Bonchev–Trinajstić information content (AvgIpc) is 2.75. The number of methoxy groups -OCH3 is 1. The Morgan fingerprint density at radius 2 is 2.07 bits per heavy atom. The molecule has 8 heteroatoms. The minimum Gasteiger partial charge on any atom is -0.469 e. The monoisotopic (exact) mass is 398 g/mol. The van der Waals surface area contributed by atoms with E-state index in [2.05, 4.69) is 32.3 Å². The molecule has 1 aromatic carbocycles. The summed E-state index contributed by atoms with van der Waals surface area (Å²) in [7, 11) is 1.26. The van der Waals surface area contributed by atoms with Crippen molar-refractivity contribution in [3.63, 3.8) is 0 Å². The predicted molar refractivity (Wildman–Crippen MR) is 109 cm³/mol. The maximum absolute atomic E-state index is 13.0. The van der Waals surface area contributed by atoms with Crippen molar-refractivity contribution in [2.75, 3.05) is 51.3 Å². The zero-order valence-corrected chi connectivity index (χ0v) is 16.6. The number of rotatable bonds is 6. The van der Waals surface area contributed by atoms with Crippen molar-refractivity contribution in [2.24, 2.45) is 0 Å². The summed E-state index contributed by atoms with van der Waals surface area (Å²) < 4.78 is 4.57. The second kappa shape index (κ2) is 9.43. The van der Waals surface area contributed by atoms with Gasteiger partial charge in [-0.2, -0.15) is 0 Å². The van der Waals surface area contributed by atoms with Crippen LogP contribution in [0.1, 0.15) is 22.3 Å². The molecular formula is C21H26N4O4. The summed E-state index contributed by atoms with van der Waals surface area (Å²) in [4.78, 5) is 40.5. The molecule has 1 fully saturated rings. The van der Waals surface area contributed by atoms with Crippen LogP contribution in [0.2, 0.25) is 0 Å². The zero-order valence-electron chi connectivity index (χ0n) is 16.6. The second-order valence-corrected chi connectivity index (χ2v) is 7.12. The molecule has 8 nitrogen and oxygen atoms in total. The number of benzene rings is 1. The molecule has 0 aromatic heterocycles. The van der Waals surface area contributed by atoms with E-state index in [9.17, 15) is 14.4 Å². The number of esters is 1. The number of hydrogen-bond donors (Lipinski definition) is 2. The molecule has 0 saturated carbocycles. The van der Waals surface area contributed by atoms with Crippen molar-refractivity contribution in [1.82, 2.24) is 15.5 Å². The van der Waals surface area contributed by atoms with Gasteiger partial charge < -0.3 is 25.2 Å². The Morgan fingerprint density at radius 3 is 2.76 bits per heavy atom. The lowest BCUT2D eigenvalue weighted by Gasteiger charge is -2.32. The van der Waals surface area contributed by atoms with Crippen molar-refractivity contribution in [3.8, 4) is 12.3 Å². The number of piperazine rings is 1. The topological polar surface area (TPSA) is 91.0 Å². The highest BCUT2D eigenvalue weighted by molar-refractivity contribution is 5.99. The molecule has 29 heavy (non-hydrogen) atoms. The molecule has 1 aromatic rings. The first-order valence-electron chi connectivity index (χ1n) is 9.72. The SMILES string of the molecule is C#CC(CC(=O)OC)NC(=O)CN1CCc2ccc(N3CCNCC3)cc2C1=O. The molecule has 1 saturated heterocycles. The highest BCUT2D eigenvalue weighted by Crippen LogP contribution is 2.25. The third-order valence-electron chi connectivity index (χ3n) is 5.21. The first-order valence-corrected chi connectivity index (χ1v) is 9.72. The lowest BCUT2D eigenvalue weighted by Crippen LogP contribution is -2.47. The predicted octanol–water partition coefficient (Wildman–Crippen LogP) is -0.224. The maximum Gasteiger partial charge on any atom is 0.308 e. The molecule has 2 amide bonds. The first kappa shape index (κ1) is 20.7. The van der Waals surface area contributed by atoms with Crippen LogP contribution in [0.5, 0.6) is 0 Å². The van der Waals surface area contributed by atoms with Crippen molar-refractivity contribution in [3.05, 3.63) is 29.3 Å². The third-order valence-corrected chi connectivity index (χ3v) is 5.21. The molecule has 2 aliphatic heterocycles. The molecule has 3 rings (SSSR count). The van der Waals surface area contributed by atoms with Gasteiger partial charge in [-0.15, -0.1) is 6.42 Å². The Morgan fingerprint density at radius 1 is 1.31 bits per heavy atom.